The molecule has 5 rings (SSSR count). The second kappa shape index (κ2) is 8.13. The summed E-state index contributed by atoms with van der Waals surface area (Å²) in [5.74, 6) is 0.355. The number of aromatic nitrogens is 2. The molecule has 1 aliphatic carbocycles. The van der Waals surface area contributed by atoms with Crippen molar-refractivity contribution in [2.75, 3.05) is 0 Å². The van der Waals surface area contributed by atoms with Gasteiger partial charge in [0.1, 0.15) is 0 Å². The summed E-state index contributed by atoms with van der Waals surface area (Å²) in [5.41, 5.74) is 6.66. The van der Waals surface area contributed by atoms with Crippen LogP contribution in [0, 0.1) is 0 Å². The van der Waals surface area contributed by atoms with Gasteiger partial charge in [-0.25, -0.2) is 4.98 Å². The van der Waals surface area contributed by atoms with Gasteiger partial charge in [-0.1, -0.05) is 36.7 Å². The van der Waals surface area contributed by atoms with E-state index in [1.165, 1.54) is 11.1 Å². The highest BCUT2D eigenvalue weighted by atomic mass is 35.5. The fourth-order valence-electron chi connectivity index (χ4n) is 3.94. The van der Waals surface area contributed by atoms with E-state index in [1.807, 2.05) is 6.07 Å². The van der Waals surface area contributed by atoms with Crippen LogP contribution in [-0.4, -0.2) is 16.0 Å². The first-order valence-electron chi connectivity index (χ1n) is 10.1. The van der Waals surface area contributed by atoms with Crippen LogP contribution in [0.2, 0.25) is 0 Å². The average Bonchev–Trinajstić information content (AvgIpc) is 3.33. The molecule has 1 aliphatic heterocycles. The molecule has 3 heterocycles. The van der Waals surface area contributed by atoms with E-state index in [4.69, 9.17) is 4.52 Å². The SMILES string of the molecule is CCCc1noc2nc(C3CC3)cc(C(=O)NCc3ccc4c(c3)CNC4)c12.Cl. The number of rotatable bonds is 6. The summed E-state index contributed by atoms with van der Waals surface area (Å²) in [6.45, 7) is 4.42. The van der Waals surface area contributed by atoms with E-state index in [1.54, 1.807) is 0 Å². The van der Waals surface area contributed by atoms with Crippen LogP contribution >= 0.6 is 12.4 Å². The van der Waals surface area contributed by atoms with E-state index in [0.717, 1.165) is 61.1 Å². The van der Waals surface area contributed by atoms with Crippen molar-refractivity contribution in [3.05, 3.63) is 57.9 Å². The van der Waals surface area contributed by atoms with Crippen molar-refractivity contribution in [3.63, 3.8) is 0 Å². The minimum Gasteiger partial charge on any atom is -0.348 e. The molecule has 7 heteroatoms. The van der Waals surface area contributed by atoms with E-state index in [0.29, 0.717) is 23.7 Å². The highest BCUT2D eigenvalue weighted by Crippen LogP contribution is 2.40. The Morgan fingerprint density at radius 2 is 2.07 bits per heavy atom. The van der Waals surface area contributed by atoms with Gasteiger partial charge in [0.25, 0.3) is 11.6 Å². The van der Waals surface area contributed by atoms with Crippen LogP contribution < -0.4 is 10.6 Å². The quantitative estimate of drug-likeness (QED) is 0.639. The summed E-state index contributed by atoms with van der Waals surface area (Å²) in [6.07, 6.45) is 3.96. The molecule has 0 saturated heterocycles. The number of nitrogens with one attached hydrogen (secondary N) is 2. The number of halogens is 1. The number of fused-ring (bicyclic) bond motifs is 2. The van der Waals surface area contributed by atoms with Crippen LogP contribution in [-0.2, 0) is 26.1 Å². The number of hydrogen-bond donors (Lipinski definition) is 2. The van der Waals surface area contributed by atoms with Crippen LogP contribution in [0.3, 0.4) is 0 Å². The van der Waals surface area contributed by atoms with Crippen molar-refractivity contribution < 1.29 is 9.32 Å². The van der Waals surface area contributed by atoms with Crippen LogP contribution in [0.15, 0.2) is 28.8 Å². The Bertz CT molecular complexity index is 1060. The number of benzene rings is 1. The van der Waals surface area contributed by atoms with Crippen molar-refractivity contribution in [2.45, 2.75) is 58.2 Å². The van der Waals surface area contributed by atoms with E-state index in [-0.39, 0.29) is 18.3 Å². The highest BCUT2D eigenvalue weighted by Gasteiger charge is 2.29. The lowest BCUT2D eigenvalue weighted by Gasteiger charge is -2.09. The van der Waals surface area contributed by atoms with Gasteiger partial charge in [-0.15, -0.1) is 12.4 Å². The molecule has 1 aromatic carbocycles. The van der Waals surface area contributed by atoms with Crippen molar-refractivity contribution in [2.24, 2.45) is 0 Å². The zero-order valence-corrected chi connectivity index (χ0v) is 17.3. The molecule has 0 atom stereocenters. The van der Waals surface area contributed by atoms with Crippen molar-refractivity contribution in [3.8, 4) is 0 Å². The minimum atomic E-state index is -0.0894. The first-order valence-corrected chi connectivity index (χ1v) is 10.1. The van der Waals surface area contributed by atoms with Crippen molar-refractivity contribution >= 4 is 29.4 Å². The second-order valence-electron chi connectivity index (χ2n) is 7.82. The molecule has 1 saturated carbocycles. The lowest BCUT2D eigenvalue weighted by molar-refractivity contribution is 0.0952. The molecular formula is C22H25ClN4O2. The maximum Gasteiger partial charge on any atom is 0.259 e. The molecule has 2 aliphatic rings. The zero-order valence-electron chi connectivity index (χ0n) is 16.5. The van der Waals surface area contributed by atoms with Crippen LogP contribution in [0.5, 0.6) is 0 Å². The number of nitrogens with zero attached hydrogens (tertiary/aromatic N) is 2. The maximum absolute atomic E-state index is 13.1. The Hall–Kier alpha value is -2.44. The van der Waals surface area contributed by atoms with Gasteiger partial charge < -0.3 is 15.2 Å². The number of hydrogen-bond acceptors (Lipinski definition) is 5. The Morgan fingerprint density at radius 1 is 1.24 bits per heavy atom. The van der Waals surface area contributed by atoms with Crippen molar-refractivity contribution in [1.82, 2.24) is 20.8 Å². The lowest BCUT2D eigenvalue weighted by Crippen LogP contribution is -2.23. The monoisotopic (exact) mass is 412 g/mol. The first kappa shape index (κ1) is 19.9. The largest absolute Gasteiger partial charge is 0.348 e. The average molecular weight is 413 g/mol. The standard InChI is InChI=1S/C22H24N4O2.ClH/c1-2-3-18-20-17(9-19(14-6-7-14)25-22(20)28-26-18)21(27)24-10-13-4-5-15-11-23-12-16(15)8-13;/h4-5,8-9,14,23H,2-3,6-7,10-12H2,1H3,(H,24,27);1H. The van der Waals surface area contributed by atoms with Gasteiger partial charge in [0.15, 0.2) is 0 Å². The normalized spacial score (nSPS) is 15.2. The van der Waals surface area contributed by atoms with E-state index in [9.17, 15) is 4.79 Å². The lowest BCUT2D eigenvalue weighted by atomic mass is 10.0. The molecule has 29 heavy (non-hydrogen) atoms. The summed E-state index contributed by atoms with van der Waals surface area (Å²) in [4.78, 5) is 17.7. The molecule has 3 aromatic rings. The molecule has 0 radical (unpaired) electrons. The molecule has 2 aromatic heterocycles. The number of carbonyl (C=O) groups excluding carboxylic acids is 1. The summed E-state index contributed by atoms with van der Waals surface area (Å²) in [7, 11) is 0. The third-order valence-electron chi connectivity index (χ3n) is 5.62. The predicted octanol–water partition coefficient (Wildman–Crippen LogP) is 4.01. The first-order chi connectivity index (χ1) is 13.7. The summed E-state index contributed by atoms with van der Waals surface area (Å²) in [6, 6.07) is 8.35. The molecule has 6 nitrogen and oxygen atoms in total. The smallest absolute Gasteiger partial charge is 0.259 e. The maximum atomic E-state index is 13.1. The van der Waals surface area contributed by atoms with Gasteiger partial charge in [0, 0.05) is 31.2 Å². The summed E-state index contributed by atoms with van der Waals surface area (Å²) < 4.78 is 5.48. The molecule has 0 bridgehead atoms. The molecule has 0 unspecified atom stereocenters. The topological polar surface area (TPSA) is 80.0 Å². The van der Waals surface area contributed by atoms with Gasteiger partial charge in [-0.3, -0.25) is 4.79 Å². The Balaban J connectivity index is 0.00000205. The molecule has 0 spiro atoms. The molecule has 1 fully saturated rings. The van der Waals surface area contributed by atoms with Crippen LogP contribution in [0.4, 0.5) is 0 Å². The predicted molar refractivity (Wildman–Crippen MR) is 113 cm³/mol. The summed E-state index contributed by atoms with van der Waals surface area (Å²) >= 11 is 0. The van der Waals surface area contributed by atoms with Gasteiger partial charge in [-0.05, 0) is 42.0 Å². The number of amides is 1. The van der Waals surface area contributed by atoms with Gasteiger partial charge in [0.2, 0.25) is 0 Å². The van der Waals surface area contributed by atoms with Gasteiger partial charge in [0.05, 0.1) is 16.6 Å². The Morgan fingerprint density at radius 3 is 2.86 bits per heavy atom. The molecule has 1 amide bonds. The Kier molecular flexibility index (Phi) is 5.56. The van der Waals surface area contributed by atoms with E-state index >= 15 is 0 Å². The molecule has 152 valence electrons. The van der Waals surface area contributed by atoms with Gasteiger partial charge in [-0.2, -0.15) is 0 Å². The fourth-order valence-corrected chi connectivity index (χ4v) is 3.94. The van der Waals surface area contributed by atoms with E-state index < -0.39 is 0 Å². The molecular weight excluding hydrogens is 388 g/mol. The fraction of sp³-hybridized carbons (Fsp3) is 0.409. The van der Waals surface area contributed by atoms with Crippen LogP contribution in [0.1, 0.15) is 70.5 Å². The second-order valence-corrected chi connectivity index (χ2v) is 7.82. The van der Waals surface area contributed by atoms with E-state index in [2.05, 4.69) is 45.9 Å². The highest BCUT2D eigenvalue weighted by molar-refractivity contribution is 6.06. The third kappa shape index (κ3) is 3.87. The number of pyridine rings is 1. The van der Waals surface area contributed by atoms with Gasteiger partial charge >= 0.3 is 0 Å². The zero-order chi connectivity index (χ0) is 19.1. The third-order valence-corrected chi connectivity index (χ3v) is 5.62. The number of carbonyl (C=O) groups is 1. The van der Waals surface area contributed by atoms with Crippen molar-refractivity contribution in [1.29, 1.82) is 0 Å². The Labute approximate surface area is 175 Å². The minimum absolute atomic E-state index is 0. The van der Waals surface area contributed by atoms with Crippen LogP contribution in [0.25, 0.3) is 11.1 Å². The summed E-state index contributed by atoms with van der Waals surface area (Å²) in [5, 5.41) is 11.4. The number of aryl methyl sites for hydroxylation is 1. The molecule has 2 N–H and O–H groups in total.